The Labute approximate surface area is 137 Å². The van der Waals surface area contributed by atoms with Crippen molar-refractivity contribution >= 4 is 17.8 Å². The number of carbonyl (C=O) groups excluding carboxylic acids is 1. The van der Waals surface area contributed by atoms with Crippen LogP contribution in [-0.2, 0) is 4.74 Å². The molecule has 122 valence electrons. The molecule has 0 unspecified atom stereocenters. The van der Waals surface area contributed by atoms with Crippen LogP contribution in [0.15, 0.2) is 35.2 Å². The molecule has 0 bridgehead atoms. The third kappa shape index (κ3) is 6.28. The summed E-state index contributed by atoms with van der Waals surface area (Å²) in [5, 5.41) is 3.01. The molecular weight excluding hydrogens is 296 g/mol. The van der Waals surface area contributed by atoms with Crippen molar-refractivity contribution in [1.82, 2.24) is 10.2 Å². The summed E-state index contributed by atoms with van der Waals surface area (Å²) in [5.74, 6) is 1.50. The first kappa shape index (κ1) is 17.2. The molecule has 22 heavy (non-hydrogen) atoms. The van der Waals surface area contributed by atoms with Crippen molar-refractivity contribution in [2.75, 3.05) is 39.1 Å². The van der Waals surface area contributed by atoms with E-state index >= 15 is 0 Å². The van der Waals surface area contributed by atoms with Crippen LogP contribution in [0.5, 0.6) is 0 Å². The van der Waals surface area contributed by atoms with Gasteiger partial charge in [0.2, 0.25) is 0 Å². The number of benzene rings is 1. The van der Waals surface area contributed by atoms with E-state index in [-0.39, 0.29) is 6.03 Å². The largest absolute Gasteiger partial charge is 0.381 e. The van der Waals surface area contributed by atoms with Gasteiger partial charge in [-0.1, -0.05) is 18.2 Å². The van der Waals surface area contributed by atoms with Gasteiger partial charge in [-0.3, -0.25) is 0 Å². The fourth-order valence-electron chi connectivity index (χ4n) is 2.45. The Morgan fingerprint density at radius 1 is 1.41 bits per heavy atom. The maximum absolute atomic E-state index is 12.0. The van der Waals surface area contributed by atoms with Crippen LogP contribution in [0.1, 0.15) is 19.3 Å². The second-order valence-electron chi connectivity index (χ2n) is 5.71. The molecule has 0 saturated carbocycles. The first-order chi connectivity index (χ1) is 10.8. The number of hydrogen-bond acceptors (Lipinski definition) is 3. The lowest BCUT2D eigenvalue weighted by Gasteiger charge is -2.24. The number of nitrogens with zero attached hydrogens (tertiary/aromatic N) is 1. The topological polar surface area (TPSA) is 41.6 Å². The summed E-state index contributed by atoms with van der Waals surface area (Å²) in [6.45, 7) is 3.15. The predicted molar refractivity (Wildman–Crippen MR) is 91.4 cm³/mol. The number of nitrogens with one attached hydrogen (secondary N) is 1. The second kappa shape index (κ2) is 9.74. The van der Waals surface area contributed by atoms with Gasteiger partial charge in [0.25, 0.3) is 0 Å². The van der Waals surface area contributed by atoms with Gasteiger partial charge in [-0.2, -0.15) is 0 Å². The molecule has 2 amide bonds. The van der Waals surface area contributed by atoms with E-state index in [9.17, 15) is 4.79 Å². The van der Waals surface area contributed by atoms with Crippen LogP contribution in [0.2, 0.25) is 0 Å². The molecule has 0 radical (unpaired) electrons. The van der Waals surface area contributed by atoms with Crippen LogP contribution < -0.4 is 5.32 Å². The van der Waals surface area contributed by atoms with Crippen molar-refractivity contribution in [2.24, 2.45) is 5.92 Å². The SMILES string of the molecule is CN(CCCSc1ccccc1)C(=O)NC[C@@H]1CCCOC1. The number of hydrogen-bond donors (Lipinski definition) is 1. The van der Waals surface area contributed by atoms with E-state index in [1.165, 1.54) is 4.90 Å². The Hall–Kier alpha value is -1.20. The Morgan fingerprint density at radius 2 is 2.23 bits per heavy atom. The molecule has 1 aliphatic rings. The van der Waals surface area contributed by atoms with Crippen molar-refractivity contribution in [2.45, 2.75) is 24.2 Å². The number of thioether (sulfide) groups is 1. The highest BCUT2D eigenvalue weighted by Gasteiger charge is 2.15. The van der Waals surface area contributed by atoms with E-state index < -0.39 is 0 Å². The van der Waals surface area contributed by atoms with Crippen molar-refractivity contribution in [3.05, 3.63) is 30.3 Å². The van der Waals surface area contributed by atoms with E-state index in [0.717, 1.165) is 51.3 Å². The van der Waals surface area contributed by atoms with Gasteiger partial charge in [-0.15, -0.1) is 11.8 Å². The minimum Gasteiger partial charge on any atom is -0.381 e. The lowest BCUT2D eigenvalue weighted by Crippen LogP contribution is -2.41. The molecule has 1 aromatic rings. The summed E-state index contributed by atoms with van der Waals surface area (Å²) in [6, 6.07) is 10.4. The molecule has 1 heterocycles. The van der Waals surface area contributed by atoms with Gasteiger partial charge in [0.05, 0.1) is 6.61 Å². The highest BCUT2D eigenvalue weighted by molar-refractivity contribution is 7.99. The quantitative estimate of drug-likeness (QED) is 0.619. The molecule has 1 N–H and O–H groups in total. The summed E-state index contributed by atoms with van der Waals surface area (Å²) >= 11 is 1.84. The fraction of sp³-hybridized carbons (Fsp3) is 0.588. The number of rotatable bonds is 7. The molecule has 1 fully saturated rings. The lowest BCUT2D eigenvalue weighted by atomic mass is 10.0. The molecule has 1 aliphatic heterocycles. The Kier molecular flexibility index (Phi) is 7.60. The lowest BCUT2D eigenvalue weighted by molar-refractivity contribution is 0.0553. The molecule has 1 aromatic carbocycles. The van der Waals surface area contributed by atoms with E-state index in [0.29, 0.717) is 5.92 Å². The zero-order chi connectivity index (χ0) is 15.6. The zero-order valence-electron chi connectivity index (χ0n) is 13.3. The maximum atomic E-state index is 12.0. The molecule has 0 spiro atoms. The van der Waals surface area contributed by atoms with Gasteiger partial charge in [0.1, 0.15) is 0 Å². The first-order valence-electron chi connectivity index (χ1n) is 8.00. The van der Waals surface area contributed by atoms with E-state index in [4.69, 9.17) is 4.74 Å². The van der Waals surface area contributed by atoms with Crippen molar-refractivity contribution in [1.29, 1.82) is 0 Å². The Bertz CT molecular complexity index is 436. The van der Waals surface area contributed by atoms with Gasteiger partial charge in [-0.25, -0.2) is 4.79 Å². The summed E-state index contributed by atoms with van der Waals surface area (Å²) in [4.78, 5) is 15.1. The van der Waals surface area contributed by atoms with Gasteiger partial charge >= 0.3 is 6.03 Å². The molecular formula is C17H26N2O2S. The zero-order valence-corrected chi connectivity index (χ0v) is 14.1. The molecule has 5 heteroatoms. The van der Waals surface area contributed by atoms with Crippen molar-refractivity contribution in [3.8, 4) is 0 Å². The standard InChI is InChI=1S/C17H26N2O2S/c1-19(10-6-12-22-16-8-3-2-4-9-16)17(20)18-13-15-7-5-11-21-14-15/h2-4,8-9,15H,5-7,10-14H2,1H3,(H,18,20)/t15-/m0/s1. The number of amides is 2. The van der Waals surface area contributed by atoms with Crippen molar-refractivity contribution < 1.29 is 9.53 Å². The van der Waals surface area contributed by atoms with Crippen LogP contribution in [0.25, 0.3) is 0 Å². The minimum absolute atomic E-state index is 0.0234. The van der Waals surface area contributed by atoms with E-state index in [2.05, 4.69) is 29.6 Å². The number of urea groups is 1. The first-order valence-corrected chi connectivity index (χ1v) is 8.99. The fourth-order valence-corrected chi connectivity index (χ4v) is 3.30. The molecule has 0 aliphatic carbocycles. The predicted octanol–water partition coefficient (Wildman–Crippen LogP) is 3.24. The Balaban J connectivity index is 1.55. The van der Waals surface area contributed by atoms with E-state index in [1.807, 2.05) is 24.9 Å². The minimum atomic E-state index is 0.0234. The average Bonchev–Trinajstić information content (AvgIpc) is 2.58. The van der Waals surface area contributed by atoms with Crippen molar-refractivity contribution in [3.63, 3.8) is 0 Å². The third-order valence-electron chi connectivity index (χ3n) is 3.79. The highest BCUT2D eigenvalue weighted by atomic mass is 32.2. The highest BCUT2D eigenvalue weighted by Crippen LogP contribution is 2.17. The van der Waals surface area contributed by atoms with Crippen LogP contribution in [-0.4, -0.2) is 50.0 Å². The van der Waals surface area contributed by atoms with Gasteiger partial charge in [0, 0.05) is 31.6 Å². The maximum Gasteiger partial charge on any atom is 0.317 e. The normalized spacial score (nSPS) is 18.0. The summed E-state index contributed by atoms with van der Waals surface area (Å²) < 4.78 is 5.43. The van der Waals surface area contributed by atoms with Crippen LogP contribution in [0, 0.1) is 5.92 Å². The average molecular weight is 322 g/mol. The monoisotopic (exact) mass is 322 g/mol. The Morgan fingerprint density at radius 3 is 2.95 bits per heavy atom. The molecule has 1 atom stereocenters. The second-order valence-corrected chi connectivity index (χ2v) is 6.87. The smallest absolute Gasteiger partial charge is 0.317 e. The van der Waals surface area contributed by atoms with E-state index in [1.54, 1.807) is 4.90 Å². The number of carbonyl (C=O) groups is 1. The van der Waals surface area contributed by atoms with Crippen LogP contribution >= 0.6 is 11.8 Å². The van der Waals surface area contributed by atoms with Gasteiger partial charge < -0.3 is 15.0 Å². The van der Waals surface area contributed by atoms with Crippen LogP contribution in [0.3, 0.4) is 0 Å². The molecule has 2 rings (SSSR count). The third-order valence-corrected chi connectivity index (χ3v) is 4.89. The molecule has 1 saturated heterocycles. The summed E-state index contributed by atoms with van der Waals surface area (Å²) in [5.41, 5.74) is 0. The number of ether oxygens (including phenoxy) is 1. The summed E-state index contributed by atoms with van der Waals surface area (Å²) in [6.07, 6.45) is 3.25. The van der Waals surface area contributed by atoms with Crippen LogP contribution in [0.4, 0.5) is 4.79 Å². The van der Waals surface area contributed by atoms with Gasteiger partial charge in [0.15, 0.2) is 0 Å². The molecule has 4 nitrogen and oxygen atoms in total. The summed E-state index contributed by atoms with van der Waals surface area (Å²) in [7, 11) is 1.86. The van der Waals surface area contributed by atoms with Gasteiger partial charge in [-0.05, 0) is 43.1 Å². The molecule has 0 aromatic heterocycles.